The standard InChI is InChI=1S/C14H8ClF3N2/c15-11-5-6-12(20-13(11)7-8-19)9-3-1-2-4-10(9)14(16,17)18/h1-6H,7H2. The van der Waals surface area contributed by atoms with Crippen LogP contribution in [0.4, 0.5) is 13.2 Å². The highest BCUT2D eigenvalue weighted by Gasteiger charge is 2.33. The minimum absolute atomic E-state index is 0.0316. The van der Waals surface area contributed by atoms with Gasteiger partial charge in [-0.15, -0.1) is 0 Å². The molecule has 0 fully saturated rings. The zero-order valence-electron chi connectivity index (χ0n) is 10.1. The van der Waals surface area contributed by atoms with E-state index < -0.39 is 11.7 Å². The lowest BCUT2D eigenvalue weighted by atomic mass is 10.0. The number of hydrogen-bond donors (Lipinski definition) is 0. The van der Waals surface area contributed by atoms with Gasteiger partial charge in [-0.2, -0.15) is 18.4 Å². The van der Waals surface area contributed by atoms with Crippen LogP contribution in [-0.2, 0) is 12.6 Å². The molecular formula is C14H8ClF3N2. The highest BCUT2D eigenvalue weighted by atomic mass is 35.5. The zero-order chi connectivity index (χ0) is 14.8. The largest absolute Gasteiger partial charge is 0.417 e. The predicted octanol–water partition coefficient (Wildman–Crippen LogP) is 4.49. The first-order chi connectivity index (χ1) is 9.43. The van der Waals surface area contributed by atoms with Crippen molar-refractivity contribution in [2.45, 2.75) is 12.6 Å². The molecule has 0 N–H and O–H groups in total. The summed E-state index contributed by atoms with van der Waals surface area (Å²) in [6, 6.07) is 9.90. The number of alkyl halides is 3. The number of nitriles is 1. The van der Waals surface area contributed by atoms with Gasteiger partial charge in [0.1, 0.15) is 0 Å². The van der Waals surface area contributed by atoms with Crippen LogP contribution in [0.5, 0.6) is 0 Å². The average molecular weight is 297 g/mol. The van der Waals surface area contributed by atoms with Crippen LogP contribution in [0.2, 0.25) is 5.02 Å². The summed E-state index contributed by atoms with van der Waals surface area (Å²) >= 11 is 5.86. The first-order valence-corrected chi connectivity index (χ1v) is 6.00. The molecule has 2 nitrogen and oxygen atoms in total. The Morgan fingerprint density at radius 2 is 1.85 bits per heavy atom. The molecule has 102 valence electrons. The van der Waals surface area contributed by atoms with Crippen molar-refractivity contribution >= 4 is 11.6 Å². The third-order valence-electron chi connectivity index (χ3n) is 2.67. The SMILES string of the molecule is N#CCc1nc(-c2ccccc2C(F)(F)F)ccc1Cl. The molecule has 0 saturated heterocycles. The van der Waals surface area contributed by atoms with E-state index in [9.17, 15) is 13.2 Å². The summed E-state index contributed by atoms with van der Waals surface area (Å²) in [5.74, 6) is 0. The third-order valence-corrected chi connectivity index (χ3v) is 3.02. The molecule has 0 aliphatic rings. The second kappa shape index (κ2) is 5.51. The molecule has 0 atom stereocenters. The molecule has 0 spiro atoms. The number of nitrogens with zero attached hydrogens (tertiary/aromatic N) is 2. The predicted molar refractivity (Wildman–Crippen MR) is 69.0 cm³/mol. The molecule has 0 unspecified atom stereocenters. The molecule has 20 heavy (non-hydrogen) atoms. The smallest absolute Gasteiger partial charge is 0.250 e. The summed E-state index contributed by atoms with van der Waals surface area (Å²) in [4.78, 5) is 4.05. The summed E-state index contributed by atoms with van der Waals surface area (Å²) in [5.41, 5.74) is -0.384. The lowest BCUT2D eigenvalue weighted by Gasteiger charge is -2.12. The molecular weight excluding hydrogens is 289 g/mol. The van der Waals surface area contributed by atoms with E-state index in [2.05, 4.69) is 4.98 Å². The van der Waals surface area contributed by atoms with Gasteiger partial charge in [0, 0.05) is 5.56 Å². The van der Waals surface area contributed by atoms with Crippen LogP contribution < -0.4 is 0 Å². The van der Waals surface area contributed by atoms with Gasteiger partial charge < -0.3 is 0 Å². The van der Waals surface area contributed by atoms with Crippen LogP contribution in [0.25, 0.3) is 11.3 Å². The van der Waals surface area contributed by atoms with Crippen LogP contribution in [0.3, 0.4) is 0 Å². The Bertz CT molecular complexity index is 675. The molecule has 0 bridgehead atoms. The summed E-state index contributed by atoms with van der Waals surface area (Å²) in [5, 5.41) is 8.92. The van der Waals surface area contributed by atoms with Crippen molar-refractivity contribution in [3.05, 3.63) is 52.7 Å². The Labute approximate surface area is 118 Å². The second-order valence-electron chi connectivity index (χ2n) is 4.00. The molecule has 1 heterocycles. The lowest BCUT2D eigenvalue weighted by Crippen LogP contribution is -2.07. The first-order valence-electron chi connectivity index (χ1n) is 5.62. The van der Waals surface area contributed by atoms with Crippen molar-refractivity contribution in [3.63, 3.8) is 0 Å². The third kappa shape index (κ3) is 2.91. The Morgan fingerprint density at radius 1 is 1.15 bits per heavy atom. The monoisotopic (exact) mass is 296 g/mol. The Kier molecular flexibility index (Phi) is 3.96. The van der Waals surface area contributed by atoms with E-state index in [0.29, 0.717) is 0 Å². The average Bonchev–Trinajstić information content (AvgIpc) is 2.41. The van der Waals surface area contributed by atoms with Crippen LogP contribution in [-0.4, -0.2) is 4.98 Å². The molecule has 0 saturated carbocycles. The minimum Gasteiger partial charge on any atom is -0.250 e. The summed E-state index contributed by atoms with van der Waals surface area (Å²) in [6.07, 6.45) is -4.52. The first kappa shape index (κ1) is 14.4. The van der Waals surface area contributed by atoms with E-state index in [-0.39, 0.29) is 28.4 Å². The Morgan fingerprint density at radius 3 is 2.50 bits per heavy atom. The molecule has 2 aromatic rings. The number of aromatic nitrogens is 1. The fourth-order valence-electron chi connectivity index (χ4n) is 1.79. The van der Waals surface area contributed by atoms with E-state index in [1.165, 1.54) is 30.3 Å². The maximum atomic E-state index is 13.0. The second-order valence-corrected chi connectivity index (χ2v) is 4.41. The Balaban J connectivity index is 2.58. The van der Waals surface area contributed by atoms with Crippen molar-refractivity contribution < 1.29 is 13.2 Å². The van der Waals surface area contributed by atoms with Gasteiger partial charge in [0.15, 0.2) is 0 Å². The highest BCUT2D eigenvalue weighted by Crippen LogP contribution is 2.36. The van der Waals surface area contributed by atoms with E-state index in [0.717, 1.165) is 6.07 Å². The minimum atomic E-state index is -4.46. The van der Waals surface area contributed by atoms with Gasteiger partial charge in [0.25, 0.3) is 0 Å². The molecule has 0 aliphatic heterocycles. The van der Waals surface area contributed by atoms with Gasteiger partial charge in [-0.3, -0.25) is 4.98 Å². The van der Waals surface area contributed by atoms with Gasteiger partial charge in [0.05, 0.1) is 34.5 Å². The number of benzene rings is 1. The highest BCUT2D eigenvalue weighted by molar-refractivity contribution is 6.31. The van der Waals surface area contributed by atoms with Crippen molar-refractivity contribution in [1.29, 1.82) is 5.26 Å². The molecule has 0 aliphatic carbocycles. The van der Waals surface area contributed by atoms with E-state index in [1.807, 2.05) is 6.07 Å². The quantitative estimate of drug-likeness (QED) is 0.819. The summed E-state index contributed by atoms with van der Waals surface area (Å²) in [6.45, 7) is 0. The number of rotatable bonds is 2. The van der Waals surface area contributed by atoms with E-state index >= 15 is 0 Å². The molecule has 1 aromatic heterocycles. The molecule has 6 heteroatoms. The van der Waals surface area contributed by atoms with Crippen molar-refractivity contribution in [2.75, 3.05) is 0 Å². The van der Waals surface area contributed by atoms with Crippen LogP contribution >= 0.6 is 11.6 Å². The lowest BCUT2D eigenvalue weighted by molar-refractivity contribution is -0.137. The van der Waals surface area contributed by atoms with Crippen molar-refractivity contribution in [3.8, 4) is 17.3 Å². The maximum Gasteiger partial charge on any atom is 0.417 e. The van der Waals surface area contributed by atoms with E-state index in [1.54, 1.807) is 0 Å². The zero-order valence-corrected chi connectivity index (χ0v) is 10.8. The maximum absolute atomic E-state index is 13.0. The van der Waals surface area contributed by atoms with Crippen LogP contribution in [0.1, 0.15) is 11.3 Å². The number of halogens is 4. The van der Waals surface area contributed by atoms with Crippen molar-refractivity contribution in [1.82, 2.24) is 4.98 Å². The van der Waals surface area contributed by atoms with Gasteiger partial charge >= 0.3 is 6.18 Å². The van der Waals surface area contributed by atoms with Crippen LogP contribution in [0, 0.1) is 11.3 Å². The van der Waals surface area contributed by atoms with Gasteiger partial charge in [-0.25, -0.2) is 0 Å². The van der Waals surface area contributed by atoms with Gasteiger partial charge in [-0.05, 0) is 18.2 Å². The topological polar surface area (TPSA) is 36.7 Å². The van der Waals surface area contributed by atoms with Gasteiger partial charge in [0.2, 0.25) is 0 Å². The fourth-order valence-corrected chi connectivity index (χ4v) is 1.96. The summed E-state index contributed by atoms with van der Waals surface area (Å²) in [7, 11) is 0. The molecule has 2 rings (SSSR count). The van der Waals surface area contributed by atoms with Gasteiger partial charge in [-0.1, -0.05) is 29.8 Å². The Hall–Kier alpha value is -2.06. The van der Waals surface area contributed by atoms with E-state index in [4.69, 9.17) is 16.9 Å². The molecule has 1 aromatic carbocycles. The number of pyridine rings is 1. The fraction of sp³-hybridized carbons (Fsp3) is 0.143. The van der Waals surface area contributed by atoms with Crippen molar-refractivity contribution in [2.24, 2.45) is 0 Å². The normalized spacial score (nSPS) is 11.2. The molecule has 0 amide bonds. The van der Waals surface area contributed by atoms with Crippen LogP contribution in [0.15, 0.2) is 36.4 Å². The summed E-state index contributed by atoms with van der Waals surface area (Å²) < 4.78 is 38.9. The number of hydrogen-bond acceptors (Lipinski definition) is 2. The molecule has 0 radical (unpaired) electrons.